The Morgan fingerprint density at radius 2 is 1.89 bits per heavy atom. The maximum Gasteiger partial charge on any atom is 0.273 e. The highest BCUT2D eigenvalue weighted by Crippen LogP contribution is 2.45. The molecule has 0 saturated carbocycles. The number of furan rings is 1. The summed E-state index contributed by atoms with van der Waals surface area (Å²) in [6.07, 6.45) is 1.72. The molecule has 1 fully saturated rings. The Labute approximate surface area is 222 Å². The molecule has 0 spiro atoms. The van der Waals surface area contributed by atoms with Gasteiger partial charge in [0.1, 0.15) is 29.1 Å². The smallest absolute Gasteiger partial charge is 0.273 e. The fourth-order valence-electron chi connectivity index (χ4n) is 4.38. The second kappa shape index (κ2) is 10.1. The maximum atomic E-state index is 11.2. The van der Waals surface area contributed by atoms with E-state index in [1.807, 2.05) is 35.2 Å². The monoisotopic (exact) mass is 536 g/mol. The number of nitro groups is 1. The third-order valence-corrected chi connectivity index (χ3v) is 6.70. The Bertz CT molecular complexity index is 1480. The molecule has 2 aromatic carbocycles. The molecule has 0 amide bonds. The average molecular weight is 537 g/mol. The quantitative estimate of drug-likeness (QED) is 0.170. The van der Waals surface area contributed by atoms with Gasteiger partial charge in [-0.1, -0.05) is 17.7 Å². The van der Waals surface area contributed by atoms with Gasteiger partial charge in [-0.2, -0.15) is 0 Å². The molecule has 0 bridgehead atoms. The zero-order valence-corrected chi connectivity index (χ0v) is 21.3. The van der Waals surface area contributed by atoms with Gasteiger partial charge in [0.25, 0.3) is 5.69 Å². The lowest BCUT2D eigenvalue weighted by Crippen LogP contribution is -2.29. The van der Waals surface area contributed by atoms with Gasteiger partial charge >= 0.3 is 0 Å². The van der Waals surface area contributed by atoms with Crippen molar-refractivity contribution >= 4 is 40.3 Å². The number of thiocarbonyl (C=S) groups is 1. The molecule has 1 aliphatic rings. The summed E-state index contributed by atoms with van der Waals surface area (Å²) >= 11 is 12.2. The number of nitro benzene ring substituents is 1. The third-order valence-electron chi connectivity index (χ3n) is 6.09. The molecule has 37 heavy (non-hydrogen) atoms. The molecule has 0 unspecified atom stereocenters. The molecule has 9 nitrogen and oxygen atoms in total. The van der Waals surface area contributed by atoms with E-state index in [4.69, 9.17) is 37.7 Å². The van der Waals surface area contributed by atoms with Crippen LogP contribution in [0.25, 0.3) is 11.3 Å². The van der Waals surface area contributed by atoms with Crippen molar-refractivity contribution in [2.45, 2.75) is 12.1 Å². The van der Waals surface area contributed by atoms with Crippen molar-refractivity contribution in [3.63, 3.8) is 0 Å². The number of benzene rings is 2. The van der Waals surface area contributed by atoms with Crippen molar-refractivity contribution in [2.75, 3.05) is 19.1 Å². The first-order valence-corrected chi connectivity index (χ1v) is 12.0. The van der Waals surface area contributed by atoms with Crippen LogP contribution in [0, 0.1) is 10.1 Å². The highest BCUT2D eigenvalue weighted by molar-refractivity contribution is 7.80. The minimum absolute atomic E-state index is 0.0736. The van der Waals surface area contributed by atoms with Crippen LogP contribution < -0.4 is 19.7 Å². The van der Waals surface area contributed by atoms with Crippen LogP contribution in [0.2, 0.25) is 5.02 Å². The number of ether oxygens (including phenoxy) is 2. The lowest BCUT2D eigenvalue weighted by Gasteiger charge is -2.26. The molecule has 188 valence electrons. The summed E-state index contributed by atoms with van der Waals surface area (Å²) in [7, 11) is 3.01. The van der Waals surface area contributed by atoms with E-state index in [1.54, 1.807) is 37.6 Å². The first kappa shape index (κ1) is 24.5. The van der Waals surface area contributed by atoms with Crippen LogP contribution in [0.5, 0.6) is 11.5 Å². The van der Waals surface area contributed by atoms with E-state index in [0.29, 0.717) is 38.7 Å². The Balaban J connectivity index is 1.60. The second-order valence-electron chi connectivity index (χ2n) is 8.16. The summed E-state index contributed by atoms with van der Waals surface area (Å²) in [6, 6.07) is 18.4. The summed E-state index contributed by atoms with van der Waals surface area (Å²) in [6.45, 7) is 0. The summed E-state index contributed by atoms with van der Waals surface area (Å²) in [5.41, 5.74) is 2.04. The van der Waals surface area contributed by atoms with Gasteiger partial charge in [-0.3, -0.25) is 15.1 Å². The number of anilines is 1. The van der Waals surface area contributed by atoms with Crippen LogP contribution in [-0.4, -0.2) is 29.2 Å². The zero-order chi connectivity index (χ0) is 26.1. The van der Waals surface area contributed by atoms with Crippen LogP contribution in [0.1, 0.15) is 23.5 Å². The van der Waals surface area contributed by atoms with Gasteiger partial charge in [0.2, 0.25) is 0 Å². The highest BCUT2D eigenvalue weighted by Gasteiger charge is 2.42. The van der Waals surface area contributed by atoms with Crippen LogP contribution in [0.15, 0.2) is 77.3 Å². The van der Waals surface area contributed by atoms with Crippen molar-refractivity contribution in [3.8, 4) is 22.8 Å². The van der Waals surface area contributed by atoms with Crippen LogP contribution in [0.3, 0.4) is 0 Å². The van der Waals surface area contributed by atoms with Gasteiger partial charge < -0.3 is 24.1 Å². The third kappa shape index (κ3) is 4.56. The number of nitrogens with zero attached hydrogens (tertiary/aromatic N) is 3. The Kier molecular flexibility index (Phi) is 6.68. The molecular weight excluding hydrogens is 516 g/mol. The Morgan fingerprint density at radius 3 is 2.57 bits per heavy atom. The van der Waals surface area contributed by atoms with E-state index in [-0.39, 0.29) is 11.7 Å². The van der Waals surface area contributed by atoms with E-state index in [0.717, 1.165) is 11.4 Å². The molecular formula is C26H21ClN4O5S. The summed E-state index contributed by atoms with van der Waals surface area (Å²) in [5.74, 6) is 1.97. The summed E-state index contributed by atoms with van der Waals surface area (Å²) in [5, 5.41) is 15.5. The average Bonchev–Trinajstić information content (AvgIpc) is 3.53. The molecule has 0 radical (unpaired) electrons. The maximum absolute atomic E-state index is 11.2. The molecule has 1 saturated heterocycles. The lowest BCUT2D eigenvalue weighted by molar-refractivity contribution is -0.384. The van der Waals surface area contributed by atoms with Gasteiger partial charge in [-0.05, 0) is 60.7 Å². The van der Waals surface area contributed by atoms with Gasteiger partial charge in [0.15, 0.2) is 5.11 Å². The number of hydrogen-bond acceptors (Lipinski definition) is 7. The highest BCUT2D eigenvalue weighted by atomic mass is 35.5. The minimum atomic E-state index is -0.472. The molecule has 2 atom stereocenters. The predicted molar refractivity (Wildman–Crippen MR) is 143 cm³/mol. The van der Waals surface area contributed by atoms with Crippen LogP contribution in [0.4, 0.5) is 11.4 Å². The van der Waals surface area contributed by atoms with Crippen LogP contribution in [-0.2, 0) is 0 Å². The Morgan fingerprint density at radius 1 is 1.08 bits per heavy atom. The molecule has 1 N–H and O–H groups in total. The number of halogens is 1. The fraction of sp³-hybridized carbons (Fsp3) is 0.154. The van der Waals surface area contributed by atoms with Gasteiger partial charge in [0, 0.05) is 18.0 Å². The minimum Gasteiger partial charge on any atom is -0.496 e. The van der Waals surface area contributed by atoms with E-state index < -0.39 is 11.0 Å². The van der Waals surface area contributed by atoms with E-state index in [9.17, 15) is 10.1 Å². The molecule has 4 aromatic rings. The molecule has 1 aliphatic heterocycles. The van der Waals surface area contributed by atoms with Crippen molar-refractivity contribution < 1.29 is 18.8 Å². The first-order valence-electron chi connectivity index (χ1n) is 11.2. The van der Waals surface area contributed by atoms with Crippen molar-refractivity contribution in [1.29, 1.82) is 0 Å². The fourth-order valence-corrected chi connectivity index (χ4v) is 4.98. The van der Waals surface area contributed by atoms with E-state index >= 15 is 0 Å². The van der Waals surface area contributed by atoms with Crippen molar-refractivity contribution in [1.82, 2.24) is 10.3 Å². The summed E-state index contributed by atoms with van der Waals surface area (Å²) < 4.78 is 17.1. The van der Waals surface area contributed by atoms with Gasteiger partial charge in [-0.25, -0.2) is 0 Å². The number of non-ortho nitro benzene ring substituents is 1. The van der Waals surface area contributed by atoms with Crippen LogP contribution >= 0.6 is 23.8 Å². The summed E-state index contributed by atoms with van der Waals surface area (Å²) in [4.78, 5) is 17.2. The number of nitrogens with one attached hydrogen (secondary N) is 1. The number of methoxy groups -OCH3 is 2. The van der Waals surface area contributed by atoms with E-state index in [1.165, 1.54) is 19.2 Å². The largest absolute Gasteiger partial charge is 0.496 e. The Hall–Kier alpha value is -4.15. The number of pyridine rings is 1. The SMILES string of the molecule is COc1ccc(N2C(=S)N[C@H](c3ccccn3)[C@H]2c2ccc(-c3ccc([N+](=O)[O-])cc3OC)o2)cc1Cl. The van der Waals surface area contributed by atoms with E-state index in [2.05, 4.69) is 10.3 Å². The number of rotatable bonds is 7. The number of hydrogen-bond donors (Lipinski definition) is 1. The lowest BCUT2D eigenvalue weighted by atomic mass is 10.0. The zero-order valence-electron chi connectivity index (χ0n) is 19.8. The molecule has 5 rings (SSSR count). The van der Waals surface area contributed by atoms with Gasteiger partial charge in [-0.15, -0.1) is 0 Å². The topological polar surface area (TPSA) is 103 Å². The first-order chi connectivity index (χ1) is 17.9. The normalized spacial score (nSPS) is 16.9. The predicted octanol–water partition coefficient (Wildman–Crippen LogP) is 6.10. The molecule has 2 aromatic heterocycles. The van der Waals surface area contributed by atoms with Crippen molar-refractivity contribution in [2.24, 2.45) is 0 Å². The van der Waals surface area contributed by atoms with Gasteiger partial charge in [0.05, 0.1) is 47.5 Å². The molecule has 0 aliphatic carbocycles. The standard InChI is InChI=1S/C26H21ClN4O5S/c1-34-21-9-7-15(13-18(21)27)30-25(24(29-26(30)37)19-5-3-4-12-28-19)22-11-10-20(36-22)17-8-6-16(31(32)33)14-23(17)35-2/h3-14,24-25H,1-2H3,(H,29,37)/t24-,25-/m1/s1. The number of aromatic nitrogens is 1. The second-order valence-corrected chi connectivity index (χ2v) is 8.95. The molecule has 3 heterocycles. The molecule has 11 heteroatoms. The van der Waals surface area contributed by atoms with Crippen molar-refractivity contribution in [3.05, 3.63) is 99.5 Å².